The lowest BCUT2D eigenvalue weighted by Crippen LogP contribution is -2.41. The molecule has 1 aromatic rings. The van der Waals surface area contributed by atoms with Crippen LogP contribution in [0.2, 0.25) is 0 Å². The molecule has 122 valence electrons. The smallest absolute Gasteiger partial charge is 0.232 e. The summed E-state index contributed by atoms with van der Waals surface area (Å²) in [6, 6.07) is 3.14. The normalized spacial score (nSPS) is 15.2. The number of para-hydroxylation sites is 1. The summed E-state index contributed by atoms with van der Waals surface area (Å²) in [4.78, 5) is 11.7. The average molecular weight is 332 g/mol. The summed E-state index contributed by atoms with van der Waals surface area (Å²) in [5.41, 5.74) is -0.622. The maximum atomic E-state index is 13.8. The Labute approximate surface area is 128 Å². The fourth-order valence-corrected chi connectivity index (χ4v) is 3.20. The molecule has 0 saturated heterocycles. The Hall–Kier alpha value is -1.70. The molecule has 1 saturated carbocycles. The molecule has 1 aromatic carbocycles. The first-order chi connectivity index (χ1) is 10.3. The molecule has 5 nitrogen and oxygen atoms in total. The highest BCUT2D eigenvalue weighted by Gasteiger charge is 2.27. The van der Waals surface area contributed by atoms with Crippen LogP contribution in [0.4, 0.5) is 14.5 Å². The van der Waals surface area contributed by atoms with Crippen LogP contribution in [0.15, 0.2) is 18.2 Å². The summed E-state index contributed by atoms with van der Waals surface area (Å²) in [7, 11) is -3.87. The van der Waals surface area contributed by atoms with Crippen molar-refractivity contribution in [3.63, 3.8) is 0 Å². The number of sulfonamides is 1. The van der Waals surface area contributed by atoms with Crippen LogP contribution in [-0.4, -0.2) is 33.7 Å². The molecule has 1 aliphatic carbocycles. The van der Waals surface area contributed by atoms with Gasteiger partial charge in [-0.2, -0.15) is 0 Å². The predicted octanol–water partition coefficient (Wildman–Crippen LogP) is 1.65. The number of carbonyl (C=O) groups excluding carboxylic acids is 1. The van der Waals surface area contributed by atoms with E-state index >= 15 is 0 Å². The second-order valence-electron chi connectivity index (χ2n) is 5.32. The minimum atomic E-state index is -3.87. The summed E-state index contributed by atoms with van der Waals surface area (Å²) in [5, 5.41) is 2.61. The summed E-state index contributed by atoms with van der Waals surface area (Å²) < 4.78 is 51.8. The maximum absolute atomic E-state index is 13.8. The molecule has 0 spiro atoms. The van der Waals surface area contributed by atoms with Gasteiger partial charge in [-0.15, -0.1) is 0 Å². The number of amides is 1. The van der Waals surface area contributed by atoms with Gasteiger partial charge in [0.15, 0.2) is 11.6 Å². The number of rotatable bonds is 6. The van der Waals surface area contributed by atoms with Crippen molar-refractivity contribution in [3.8, 4) is 0 Å². The first-order valence-corrected chi connectivity index (χ1v) is 8.85. The van der Waals surface area contributed by atoms with Gasteiger partial charge in [-0.25, -0.2) is 17.2 Å². The van der Waals surface area contributed by atoms with E-state index in [-0.39, 0.29) is 24.9 Å². The lowest BCUT2D eigenvalue weighted by atomic mass is 9.85. The van der Waals surface area contributed by atoms with Gasteiger partial charge in [-0.05, 0) is 25.0 Å². The first-order valence-electron chi connectivity index (χ1n) is 7.00. The Morgan fingerprint density at radius 1 is 1.32 bits per heavy atom. The number of hydrogen-bond acceptors (Lipinski definition) is 3. The van der Waals surface area contributed by atoms with Crippen molar-refractivity contribution >= 4 is 21.6 Å². The zero-order chi connectivity index (χ0) is 16.3. The number of carbonyl (C=O) groups is 1. The fraction of sp³-hybridized carbons (Fsp3) is 0.500. The minimum absolute atomic E-state index is 0.00379. The van der Waals surface area contributed by atoms with Crippen LogP contribution in [0.25, 0.3) is 0 Å². The molecule has 8 heteroatoms. The van der Waals surface area contributed by atoms with Gasteiger partial charge in [-0.1, -0.05) is 12.5 Å². The largest absolute Gasteiger partial charge is 0.354 e. The third-order valence-corrected chi connectivity index (χ3v) is 4.84. The molecular formula is C14H18F2N2O3S. The highest BCUT2D eigenvalue weighted by atomic mass is 32.2. The molecule has 1 aliphatic rings. The van der Waals surface area contributed by atoms with Crippen LogP contribution in [0, 0.1) is 17.6 Å². The van der Waals surface area contributed by atoms with Crippen LogP contribution in [0.5, 0.6) is 0 Å². The fourth-order valence-electron chi connectivity index (χ4n) is 2.27. The number of anilines is 1. The molecular weight excluding hydrogens is 314 g/mol. The predicted molar refractivity (Wildman–Crippen MR) is 78.9 cm³/mol. The zero-order valence-corrected chi connectivity index (χ0v) is 13.0. The second kappa shape index (κ2) is 6.60. The molecule has 2 rings (SSSR count). The number of halogens is 2. The van der Waals surface area contributed by atoms with Gasteiger partial charge in [0.1, 0.15) is 5.69 Å². The van der Waals surface area contributed by atoms with E-state index in [9.17, 15) is 22.0 Å². The molecule has 0 atom stereocenters. The van der Waals surface area contributed by atoms with Crippen molar-refractivity contribution in [1.29, 1.82) is 0 Å². The molecule has 0 unspecified atom stereocenters. The Balaban J connectivity index is 2.09. The van der Waals surface area contributed by atoms with E-state index in [4.69, 9.17) is 0 Å². The number of benzene rings is 1. The van der Waals surface area contributed by atoms with Gasteiger partial charge in [0.25, 0.3) is 0 Å². The van der Waals surface area contributed by atoms with E-state index < -0.39 is 27.3 Å². The monoisotopic (exact) mass is 332 g/mol. The topological polar surface area (TPSA) is 66.5 Å². The Morgan fingerprint density at radius 3 is 2.36 bits per heavy atom. The van der Waals surface area contributed by atoms with E-state index in [1.54, 1.807) is 0 Å². The van der Waals surface area contributed by atoms with Gasteiger partial charge < -0.3 is 5.32 Å². The molecule has 0 radical (unpaired) electrons. The van der Waals surface area contributed by atoms with Crippen molar-refractivity contribution in [2.75, 3.05) is 23.7 Å². The van der Waals surface area contributed by atoms with Crippen LogP contribution >= 0.6 is 0 Å². The van der Waals surface area contributed by atoms with Gasteiger partial charge in [0.05, 0.1) is 12.8 Å². The van der Waals surface area contributed by atoms with E-state index in [2.05, 4.69) is 5.32 Å². The van der Waals surface area contributed by atoms with E-state index in [1.165, 1.54) is 0 Å². The zero-order valence-electron chi connectivity index (χ0n) is 12.2. The Morgan fingerprint density at radius 2 is 1.91 bits per heavy atom. The van der Waals surface area contributed by atoms with Crippen LogP contribution in [0.1, 0.15) is 19.3 Å². The molecule has 1 fully saturated rings. The van der Waals surface area contributed by atoms with Gasteiger partial charge in [0.2, 0.25) is 15.9 Å². The van der Waals surface area contributed by atoms with Crippen molar-refractivity contribution in [2.24, 2.45) is 5.92 Å². The number of nitrogens with one attached hydrogen (secondary N) is 1. The standard InChI is InChI=1S/C14H18F2N2O3S/c1-22(20,21)18(13-11(15)6-3-7-12(13)16)9-8-17-14(19)10-4-2-5-10/h3,6-7,10H,2,4-5,8-9H2,1H3,(H,17,19). The number of nitrogens with zero attached hydrogens (tertiary/aromatic N) is 1. The van der Waals surface area contributed by atoms with Crippen LogP contribution in [-0.2, 0) is 14.8 Å². The highest BCUT2D eigenvalue weighted by Crippen LogP contribution is 2.27. The minimum Gasteiger partial charge on any atom is -0.354 e. The van der Waals surface area contributed by atoms with E-state index in [0.717, 1.165) is 43.7 Å². The Bertz CT molecular complexity index is 640. The average Bonchev–Trinajstić information content (AvgIpc) is 2.33. The second-order valence-corrected chi connectivity index (χ2v) is 7.23. The molecule has 1 amide bonds. The van der Waals surface area contributed by atoms with Crippen molar-refractivity contribution in [1.82, 2.24) is 5.32 Å². The highest BCUT2D eigenvalue weighted by molar-refractivity contribution is 7.92. The SMILES string of the molecule is CS(=O)(=O)N(CCNC(=O)C1CCC1)c1c(F)cccc1F. The molecule has 0 aromatic heterocycles. The molecule has 22 heavy (non-hydrogen) atoms. The molecule has 1 N–H and O–H groups in total. The molecule has 0 aliphatic heterocycles. The third-order valence-electron chi connectivity index (χ3n) is 3.68. The van der Waals surface area contributed by atoms with Crippen molar-refractivity contribution in [2.45, 2.75) is 19.3 Å². The quantitative estimate of drug-likeness (QED) is 0.861. The summed E-state index contributed by atoms with van der Waals surface area (Å²) in [5.74, 6) is -2.10. The summed E-state index contributed by atoms with van der Waals surface area (Å²) in [6.45, 7) is -0.231. The van der Waals surface area contributed by atoms with E-state index in [0.29, 0.717) is 4.31 Å². The van der Waals surface area contributed by atoms with Gasteiger partial charge >= 0.3 is 0 Å². The third kappa shape index (κ3) is 3.73. The van der Waals surface area contributed by atoms with Gasteiger partial charge in [-0.3, -0.25) is 9.10 Å². The maximum Gasteiger partial charge on any atom is 0.232 e. The summed E-state index contributed by atoms with van der Waals surface area (Å²) >= 11 is 0. The Kier molecular flexibility index (Phi) is 5.00. The lowest BCUT2D eigenvalue weighted by Gasteiger charge is -2.26. The van der Waals surface area contributed by atoms with Crippen molar-refractivity contribution in [3.05, 3.63) is 29.8 Å². The van der Waals surface area contributed by atoms with Crippen molar-refractivity contribution < 1.29 is 22.0 Å². The molecule has 0 heterocycles. The summed E-state index contributed by atoms with van der Waals surface area (Å²) in [6.07, 6.45) is 3.52. The van der Waals surface area contributed by atoms with Crippen LogP contribution in [0.3, 0.4) is 0 Å². The number of hydrogen-bond donors (Lipinski definition) is 1. The van der Waals surface area contributed by atoms with Crippen LogP contribution < -0.4 is 9.62 Å². The first kappa shape index (κ1) is 16.7. The van der Waals surface area contributed by atoms with Gasteiger partial charge in [0, 0.05) is 12.5 Å². The lowest BCUT2D eigenvalue weighted by molar-refractivity contribution is -0.127. The molecule has 0 bridgehead atoms. The van der Waals surface area contributed by atoms with E-state index in [1.807, 2.05) is 0 Å².